The molecule has 0 aliphatic carbocycles. The fourth-order valence-corrected chi connectivity index (χ4v) is 1.44. The lowest BCUT2D eigenvalue weighted by molar-refractivity contribution is 0.624. The Morgan fingerprint density at radius 2 is 2.15 bits per heavy atom. The predicted octanol–water partition coefficient (Wildman–Crippen LogP) is 2.77. The minimum atomic E-state index is -0.177. The van der Waals surface area contributed by atoms with Gasteiger partial charge in [0.05, 0.1) is 0 Å². The normalized spacial score (nSPS) is 9.46. The summed E-state index contributed by atoms with van der Waals surface area (Å²) in [6.07, 6.45) is 0.842. The number of likely N-dealkylation sites (N-methyl/N-ethyl adjacent to an activating group) is 1. The Labute approximate surface area is 92.3 Å². The highest BCUT2D eigenvalue weighted by Crippen LogP contribution is 2.17. The summed E-state index contributed by atoms with van der Waals surface area (Å²) in [5.74, 6) is -0.177. The van der Waals surface area contributed by atoms with E-state index in [0.29, 0.717) is 0 Å². The second kappa shape index (κ2) is 6.35. The van der Waals surface area contributed by atoms with Gasteiger partial charge in [0.2, 0.25) is 0 Å². The molecule has 0 fully saturated rings. The van der Waals surface area contributed by atoms with Gasteiger partial charge in [-0.2, -0.15) is 0 Å². The zero-order chi connectivity index (χ0) is 8.97. The van der Waals surface area contributed by atoms with Gasteiger partial charge in [-0.15, -0.1) is 12.4 Å². The molecule has 0 bridgehead atoms. The molecule has 13 heavy (non-hydrogen) atoms. The van der Waals surface area contributed by atoms with Crippen molar-refractivity contribution in [2.45, 2.75) is 6.42 Å². The molecule has 0 saturated heterocycles. The minimum absolute atomic E-state index is 0. The van der Waals surface area contributed by atoms with Crippen molar-refractivity contribution in [1.29, 1.82) is 0 Å². The monoisotopic (exact) mass is 267 g/mol. The van der Waals surface area contributed by atoms with Crippen molar-refractivity contribution in [2.75, 3.05) is 13.6 Å². The van der Waals surface area contributed by atoms with Crippen LogP contribution in [0.5, 0.6) is 0 Å². The molecule has 0 spiro atoms. The summed E-state index contributed by atoms with van der Waals surface area (Å²) < 4.78 is 13.7. The van der Waals surface area contributed by atoms with Crippen LogP contribution >= 0.6 is 28.3 Å². The number of hydrogen-bond acceptors (Lipinski definition) is 1. The molecule has 1 aromatic rings. The van der Waals surface area contributed by atoms with Crippen LogP contribution in [-0.2, 0) is 6.42 Å². The first-order valence-corrected chi connectivity index (χ1v) is 4.62. The van der Waals surface area contributed by atoms with Crippen molar-refractivity contribution in [2.24, 2.45) is 0 Å². The van der Waals surface area contributed by atoms with E-state index in [0.717, 1.165) is 23.0 Å². The van der Waals surface area contributed by atoms with Gasteiger partial charge in [0.1, 0.15) is 5.82 Å². The molecule has 0 atom stereocenters. The summed E-state index contributed by atoms with van der Waals surface area (Å²) in [5, 5.41) is 3.02. The van der Waals surface area contributed by atoms with Gasteiger partial charge in [0, 0.05) is 4.47 Å². The van der Waals surface area contributed by atoms with Crippen LogP contribution in [0.3, 0.4) is 0 Å². The van der Waals surface area contributed by atoms with E-state index in [1.165, 1.54) is 6.07 Å². The molecule has 1 aromatic carbocycles. The molecule has 0 aliphatic heterocycles. The summed E-state index contributed by atoms with van der Waals surface area (Å²) in [7, 11) is 1.88. The van der Waals surface area contributed by atoms with E-state index in [4.69, 9.17) is 0 Å². The second-order valence-corrected chi connectivity index (χ2v) is 3.44. The van der Waals surface area contributed by atoms with E-state index in [1.54, 1.807) is 12.1 Å². The molecule has 0 radical (unpaired) electrons. The van der Waals surface area contributed by atoms with Crippen molar-refractivity contribution in [1.82, 2.24) is 5.32 Å². The van der Waals surface area contributed by atoms with Crippen LogP contribution in [0, 0.1) is 5.82 Å². The zero-order valence-electron chi connectivity index (χ0n) is 7.31. The third-order valence-electron chi connectivity index (χ3n) is 1.65. The van der Waals surface area contributed by atoms with E-state index in [9.17, 15) is 4.39 Å². The molecular weight excluding hydrogens is 256 g/mol. The first kappa shape index (κ1) is 12.9. The minimum Gasteiger partial charge on any atom is -0.319 e. The molecule has 4 heteroatoms. The van der Waals surface area contributed by atoms with Gasteiger partial charge in [0.25, 0.3) is 0 Å². The molecule has 0 aliphatic rings. The lowest BCUT2D eigenvalue weighted by Gasteiger charge is -2.03. The van der Waals surface area contributed by atoms with E-state index < -0.39 is 0 Å². The van der Waals surface area contributed by atoms with Crippen molar-refractivity contribution in [3.05, 3.63) is 34.1 Å². The highest BCUT2D eigenvalue weighted by atomic mass is 79.9. The Bertz CT molecular complexity index is 268. The van der Waals surface area contributed by atoms with Gasteiger partial charge in [-0.25, -0.2) is 4.39 Å². The van der Waals surface area contributed by atoms with Gasteiger partial charge in [0.15, 0.2) is 0 Å². The fourth-order valence-electron chi connectivity index (χ4n) is 0.995. The summed E-state index contributed by atoms with van der Waals surface area (Å²) >= 11 is 3.37. The van der Waals surface area contributed by atoms with Crippen LogP contribution < -0.4 is 5.32 Å². The van der Waals surface area contributed by atoms with E-state index in [2.05, 4.69) is 21.2 Å². The number of benzene rings is 1. The average molecular weight is 269 g/mol. The molecule has 0 saturated carbocycles. The molecule has 1 N–H and O–H groups in total. The van der Waals surface area contributed by atoms with Crippen molar-refractivity contribution >= 4 is 28.3 Å². The lowest BCUT2D eigenvalue weighted by Crippen LogP contribution is -2.10. The van der Waals surface area contributed by atoms with Gasteiger partial charge in [-0.05, 0) is 43.8 Å². The van der Waals surface area contributed by atoms with Crippen LogP contribution in [0.2, 0.25) is 0 Å². The first-order valence-electron chi connectivity index (χ1n) is 3.82. The van der Waals surface area contributed by atoms with Crippen molar-refractivity contribution < 1.29 is 4.39 Å². The summed E-state index contributed by atoms with van der Waals surface area (Å²) in [6, 6.07) is 4.74. The van der Waals surface area contributed by atoms with Gasteiger partial charge >= 0.3 is 0 Å². The van der Waals surface area contributed by atoms with E-state index in [-0.39, 0.29) is 18.2 Å². The topological polar surface area (TPSA) is 12.0 Å². The number of nitrogens with one attached hydrogen (secondary N) is 1. The quantitative estimate of drug-likeness (QED) is 0.889. The van der Waals surface area contributed by atoms with Crippen molar-refractivity contribution in [3.8, 4) is 0 Å². The standard InChI is InChI=1S/C9H11BrFN.ClH/c1-12-5-4-7-6-8(11)2-3-9(7)10;/h2-3,6,12H,4-5H2,1H3;1H. The Morgan fingerprint density at radius 1 is 1.46 bits per heavy atom. The number of rotatable bonds is 3. The number of hydrogen-bond donors (Lipinski definition) is 1. The first-order chi connectivity index (χ1) is 5.74. The predicted molar refractivity (Wildman–Crippen MR) is 59.0 cm³/mol. The van der Waals surface area contributed by atoms with Crippen LogP contribution in [0.25, 0.3) is 0 Å². The van der Waals surface area contributed by atoms with Crippen LogP contribution in [0.1, 0.15) is 5.56 Å². The van der Waals surface area contributed by atoms with Gasteiger partial charge < -0.3 is 5.32 Å². The smallest absolute Gasteiger partial charge is 0.123 e. The summed E-state index contributed by atoms with van der Waals surface area (Å²) in [5.41, 5.74) is 1.00. The molecule has 1 rings (SSSR count). The molecule has 1 nitrogen and oxygen atoms in total. The van der Waals surface area contributed by atoms with E-state index >= 15 is 0 Å². The molecule has 74 valence electrons. The molecule has 0 aromatic heterocycles. The van der Waals surface area contributed by atoms with Gasteiger partial charge in [-0.1, -0.05) is 15.9 Å². The Hall–Kier alpha value is -0.120. The summed E-state index contributed by atoms with van der Waals surface area (Å²) in [6.45, 7) is 0.863. The highest BCUT2D eigenvalue weighted by Gasteiger charge is 2.00. The molecule has 0 unspecified atom stereocenters. The SMILES string of the molecule is CNCCc1cc(F)ccc1Br.Cl. The average Bonchev–Trinajstić information content (AvgIpc) is 2.07. The maximum absolute atomic E-state index is 12.7. The second-order valence-electron chi connectivity index (χ2n) is 2.59. The number of halogens is 3. The van der Waals surface area contributed by atoms with Crippen LogP contribution in [0.4, 0.5) is 4.39 Å². The van der Waals surface area contributed by atoms with Crippen LogP contribution in [-0.4, -0.2) is 13.6 Å². The Kier molecular flexibility index (Phi) is 6.29. The lowest BCUT2D eigenvalue weighted by atomic mass is 10.1. The maximum atomic E-state index is 12.7. The zero-order valence-corrected chi connectivity index (χ0v) is 9.71. The fraction of sp³-hybridized carbons (Fsp3) is 0.333. The Morgan fingerprint density at radius 3 is 2.77 bits per heavy atom. The highest BCUT2D eigenvalue weighted by molar-refractivity contribution is 9.10. The van der Waals surface area contributed by atoms with Crippen LogP contribution in [0.15, 0.2) is 22.7 Å². The Balaban J connectivity index is 0.00000144. The molecular formula is C9H12BrClFN. The third kappa shape index (κ3) is 4.07. The van der Waals surface area contributed by atoms with Gasteiger partial charge in [-0.3, -0.25) is 0 Å². The van der Waals surface area contributed by atoms with Crippen molar-refractivity contribution in [3.63, 3.8) is 0 Å². The summed E-state index contributed by atoms with van der Waals surface area (Å²) in [4.78, 5) is 0. The third-order valence-corrected chi connectivity index (χ3v) is 2.43. The molecule has 0 amide bonds. The largest absolute Gasteiger partial charge is 0.319 e. The molecule has 0 heterocycles. The maximum Gasteiger partial charge on any atom is 0.123 e. The van der Waals surface area contributed by atoms with E-state index in [1.807, 2.05) is 7.05 Å².